The van der Waals surface area contributed by atoms with Crippen LogP contribution < -0.4 is 5.32 Å². The fraction of sp³-hybridized carbons (Fsp3) is 0.533. The summed E-state index contributed by atoms with van der Waals surface area (Å²) in [4.78, 5) is 11.2. The summed E-state index contributed by atoms with van der Waals surface area (Å²) in [5.41, 5.74) is 0.685. The Labute approximate surface area is 120 Å². The van der Waals surface area contributed by atoms with Gasteiger partial charge in [-0.2, -0.15) is 0 Å². The average molecular weight is 284 g/mol. The second kappa shape index (κ2) is 8.81. The Balaban J connectivity index is 2.45. The summed E-state index contributed by atoms with van der Waals surface area (Å²) in [6.45, 7) is 2.17. The van der Waals surface area contributed by atoms with Crippen LogP contribution in [-0.2, 0) is 4.79 Å². The SMILES string of the molecule is CCCCCCCC(Nc1ccccc1Cl)C(=O)O. The second-order valence-corrected chi connectivity index (χ2v) is 5.13. The number of carboxylic acids is 1. The molecular weight excluding hydrogens is 262 g/mol. The molecule has 4 heteroatoms. The molecule has 0 aromatic heterocycles. The van der Waals surface area contributed by atoms with E-state index < -0.39 is 12.0 Å². The number of para-hydroxylation sites is 1. The molecule has 0 fully saturated rings. The fourth-order valence-electron chi connectivity index (χ4n) is 1.98. The minimum absolute atomic E-state index is 0.555. The first-order valence-corrected chi connectivity index (χ1v) is 7.26. The van der Waals surface area contributed by atoms with Crippen molar-refractivity contribution in [3.63, 3.8) is 0 Å². The van der Waals surface area contributed by atoms with Crippen molar-refractivity contribution >= 4 is 23.3 Å². The lowest BCUT2D eigenvalue weighted by molar-refractivity contribution is -0.138. The highest BCUT2D eigenvalue weighted by Crippen LogP contribution is 2.22. The number of aliphatic carboxylic acids is 1. The van der Waals surface area contributed by atoms with Crippen molar-refractivity contribution in [1.82, 2.24) is 0 Å². The van der Waals surface area contributed by atoms with Crippen LogP contribution in [0.5, 0.6) is 0 Å². The zero-order chi connectivity index (χ0) is 14.1. The third-order valence-electron chi connectivity index (χ3n) is 3.10. The highest BCUT2D eigenvalue weighted by molar-refractivity contribution is 6.33. The number of hydrogen-bond donors (Lipinski definition) is 2. The summed E-state index contributed by atoms with van der Waals surface area (Å²) < 4.78 is 0. The van der Waals surface area contributed by atoms with E-state index in [-0.39, 0.29) is 0 Å². The van der Waals surface area contributed by atoms with Crippen molar-refractivity contribution < 1.29 is 9.90 Å². The van der Waals surface area contributed by atoms with Crippen LogP contribution in [0.2, 0.25) is 5.02 Å². The summed E-state index contributed by atoms with van der Waals surface area (Å²) in [6, 6.07) is 6.66. The van der Waals surface area contributed by atoms with Gasteiger partial charge in [0.25, 0.3) is 0 Å². The first kappa shape index (κ1) is 15.8. The fourth-order valence-corrected chi connectivity index (χ4v) is 2.17. The minimum Gasteiger partial charge on any atom is -0.480 e. The lowest BCUT2D eigenvalue weighted by Crippen LogP contribution is -2.29. The molecule has 0 saturated heterocycles. The van der Waals surface area contributed by atoms with Gasteiger partial charge in [-0.15, -0.1) is 0 Å². The van der Waals surface area contributed by atoms with Crippen LogP contribution in [0.4, 0.5) is 5.69 Å². The van der Waals surface area contributed by atoms with E-state index in [9.17, 15) is 9.90 Å². The third kappa shape index (κ3) is 5.97. The maximum atomic E-state index is 11.2. The molecule has 1 unspecified atom stereocenters. The molecule has 1 rings (SSSR count). The number of anilines is 1. The Hall–Kier alpha value is -1.22. The van der Waals surface area contributed by atoms with Crippen LogP contribution in [0.25, 0.3) is 0 Å². The van der Waals surface area contributed by atoms with Crippen LogP contribution >= 0.6 is 11.6 Å². The number of carboxylic acid groups (broad SMARTS) is 1. The van der Waals surface area contributed by atoms with E-state index in [1.165, 1.54) is 19.3 Å². The van der Waals surface area contributed by atoms with Gasteiger partial charge in [-0.25, -0.2) is 4.79 Å². The van der Waals surface area contributed by atoms with Crippen LogP contribution in [-0.4, -0.2) is 17.1 Å². The Bertz CT molecular complexity index is 395. The van der Waals surface area contributed by atoms with Gasteiger partial charge in [-0.1, -0.05) is 62.8 Å². The largest absolute Gasteiger partial charge is 0.480 e. The highest BCUT2D eigenvalue weighted by Gasteiger charge is 2.17. The maximum absolute atomic E-state index is 11.2. The first-order chi connectivity index (χ1) is 9.15. The standard InChI is InChI=1S/C15H22ClNO2/c1-2-3-4-5-6-11-14(15(18)19)17-13-10-8-7-9-12(13)16/h7-10,14,17H,2-6,11H2,1H3,(H,18,19). The topological polar surface area (TPSA) is 49.3 Å². The number of nitrogens with one attached hydrogen (secondary N) is 1. The van der Waals surface area contributed by atoms with Gasteiger partial charge < -0.3 is 10.4 Å². The zero-order valence-corrected chi connectivity index (χ0v) is 12.1. The number of hydrogen-bond acceptors (Lipinski definition) is 2. The molecular formula is C15H22ClNO2. The number of carbonyl (C=O) groups is 1. The smallest absolute Gasteiger partial charge is 0.326 e. The minimum atomic E-state index is -0.824. The Morgan fingerprint density at radius 1 is 1.26 bits per heavy atom. The van der Waals surface area contributed by atoms with Crippen molar-refractivity contribution in [3.05, 3.63) is 29.3 Å². The third-order valence-corrected chi connectivity index (χ3v) is 3.43. The molecule has 0 aliphatic rings. The molecule has 2 N–H and O–H groups in total. The molecule has 106 valence electrons. The van der Waals surface area contributed by atoms with Crippen LogP contribution in [0.3, 0.4) is 0 Å². The lowest BCUT2D eigenvalue weighted by atomic mass is 10.1. The van der Waals surface area contributed by atoms with Gasteiger partial charge in [0, 0.05) is 0 Å². The number of rotatable bonds is 9. The van der Waals surface area contributed by atoms with Gasteiger partial charge in [-0.05, 0) is 18.6 Å². The number of halogens is 1. The summed E-state index contributed by atoms with van der Waals surface area (Å²) in [6.07, 6.45) is 6.23. The van der Waals surface area contributed by atoms with Gasteiger partial charge in [0.2, 0.25) is 0 Å². The van der Waals surface area contributed by atoms with Crippen LogP contribution in [0.15, 0.2) is 24.3 Å². The summed E-state index contributed by atoms with van der Waals surface area (Å²) in [5.74, 6) is -0.824. The van der Waals surface area contributed by atoms with Gasteiger partial charge >= 0.3 is 5.97 Å². The van der Waals surface area contributed by atoms with E-state index in [0.29, 0.717) is 17.1 Å². The average Bonchev–Trinajstić information content (AvgIpc) is 2.39. The van der Waals surface area contributed by atoms with Crippen LogP contribution in [0, 0.1) is 0 Å². The molecule has 0 bridgehead atoms. The van der Waals surface area contributed by atoms with E-state index in [1.54, 1.807) is 12.1 Å². The first-order valence-electron chi connectivity index (χ1n) is 6.89. The van der Waals surface area contributed by atoms with Crippen molar-refractivity contribution in [3.8, 4) is 0 Å². The van der Waals surface area contributed by atoms with Gasteiger partial charge in [-0.3, -0.25) is 0 Å². The molecule has 1 aromatic rings. The van der Waals surface area contributed by atoms with Crippen molar-refractivity contribution in [1.29, 1.82) is 0 Å². The number of unbranched alkanes of at least 4 members (excludes halogenated alkanes) is 4. The summed E-state index contributed by atoms with van der Waals surface area (Å²) in [5, 5.41) is 12.8. The van der Waals surface area contributed by atoms with E-state index in [1.807, 2.05) is 12.1 Å². The molecule has 19 heavy (non-hydrogen) atoms. The van der Waals surface area contributed by atoms with Gasteiger partial charge in [0.05, 0.1) is 10.7 Å². The zero-order valence-electron chi connectivity index (χ0n) is 11.4. The molecule has 0 amide bonds. The normalized spacial score (nSPS) is 12.1. The Kier molecular flexibility index (Phi) is 7.34. The predicted molar refractivity (Wildman–Crippen MR) is 79.9 cm³/mol. The second-order valence-electron chi connectivity index (χ2n) is 4.72. The molecule has 1 aromatic carbocycles. The van der Waals surface area contributed by atoms with E-state index in [0.717, 1.165) is 12.8 Å². The molecule has 0 spiro atoms. The summed E-state index contributed by atoms with van der Waals surface area (Å²) >= 11 is 6.02. The van der Waals surface area contributed by atoms with E-state index in [4.69, 9.17) is 11.6 Å². The quantitative estimate of drug-likeness (QED) is 0.653. The monoisotopic (exact) mass is 283 g/mol. The van der Waals surface area contributed by atoms with Crippen molar-refractivity contribution in [2.75, 3.05) is 5.32 Å². The maximum Gasteiger partial charge on any atom is 0.326 e. The molecule has 0 aliphatic heterocycles. The van der Waals surface area contributed by atoms with E-state index in [2.05, 4.69) is 12.2 Å². The van der Waals surface area contributed by atoms with Gasteiger partial charge in [0.15, 0.2) is 0 Å². The van der Waals surface area contributed by atoms with Crippen molar-refractivity contribution in [2.24, 2.45) is 0 Å². The summed E-state index contributed by atoms with van der Waals surface area (Å²) in [7, 11) is 0. The molecule has 0 aliphatic carbocycles. The Morgan fingerprint density at radius 3 is 2.58 bits per heavy atom. The molecule has 0 saturated carbocycles. The molecule has 0 radical (unpaired) electrons. The van der Waals surface area contributed by atoms with Crippen LogP contribution in [0.1, 0.15) is 45.4 Å². The van der Waals surface area contributed by atoms with Crippen molar-refractivity contribution in [2.45, 2.75) is 51.5 Å². The Morgan fingerprint density at radius 2 is 1.95 bits per heavy atom. The molecule has 1 atom stereocenters. The number of benzene rings is 1. The highest BCUT2D eigenvalue weighted by atomic mass is 35.5. The van der Waals surface area contributed by atoms with E-state index >= 15 is 0 Å². The van der Waals surface area contributed by atoms with Gasteiger partial charge in [0.1, 0.15) is 6.04 Å². The predicted octanol–water partition coefficient (Wildman–Crippen LogP) is 4.57. The molecule has 3 nitrogen and oxygen atoms in total. The molecule has 0 heterocycles. The lowest BCUT2D eigenvalue weighted by Gasteiger charge is -2.16.